The van der Waals surface area contributed by atoms with Gasteiger partial charge in [-0.05, 0) is 57.6 Å². The minimum absolute atomic E-state index is 0.0782. The van der Waals surface area contributed by atoms with E-state index in [1.54, 1.807) is 21.0 Å². The van der Waals surface area contributed by atoms with Crippen molar-refractivity contribution >= 4 is 15.7 Å². The molecule has 0 atom stereocenters. The maximum atomic E-state index is 12.0. The molecule has 0 radical (unpaired) electrons. The third-order valence-electron chi connectivity index (χ3n) is 4.57. The Hall–Kier alpha value is -1.31. The second-order valence-electron chi connectivity index (χ2n) is 6.89. The molecule has 0 heterocycles. The molecular weight excluding hydrogens is 340 g/mol. The van der Waals surface area contributed by atoms with E-state index in [1.807, 2.05) is 24.3 Å². The fraction of sp³-hybridized carbons (Fsp3) is 0.667. The number of nitrogens with one attached hydrogen (secondary N) is 2. The van der Waals surface area contributed by atoms with Gasteiger partial charge in [-0.3, -0.25) is 0 Å². The second kappa shape index (κ2) is 9.40. The average Bonchev–Trinajstić information content (AvgIpc) is 2.59. The van der Waals surface area contributed by atoms with E-state index in [9.17, 15) is 8.42 Å². The monoisotopic (exact) mass is 370 g/mol. The standard InChI is InChI=1S/C18H30N2O4S/c1-14(2)25(21,22)20-16-9-7-15(8-10-16)12-19-17-5-4-6-18(11-17)24-13-23-3/h4-6,11,14-16,19-20H,7-10,12-13H2,1-3H3. The highest BCUT2D eigenvalue weighted by molar-refractivity contribution is 7.90. The summed E-state index contributed by atoms with van der Waals surface area (Å²) in [6.07, 6.45) is 3.85. The van der Waals surface area contributed by atoms with E-state index >= 15 is 0 Å². The molecule has 0 bridgehead atoms. The van der Waals surface area contributed by atoms with Gasteiger partial charge in [0.25, 0.3) is 0 Å². The fourth-order valence-electron chi connectivity index (χ4n) is 2.94. The van der Waals surface area contributed by atoms with E-state index in [2.05, 4.69) is 10.0 Å². The molecule has 1 fully saturated rings. The topological polar surface area (TPSA) is 76.7 Å². The lowest BCUT2D eigenvalue weighted by molar-refractivity contribution is 0.0512. The van der Waals surface area contributed by atoms with E-state index in [0.717, 1.165) is 43.7 Å². The number of ether oxygens (including phenoxy) is 2. The Bertz CT molecular complexity index is 626. The predicted octanol–water partition coefficient (Wildman–Crippen LogP) is 2.97. The van der Waals surface area contributed by atoms with Crippen molar-refractivity contribution in [3.63, 3.8) is 0 Å². The van der Waals surface area contributed by atoms with E-state index in [-0.39, 0.29) is 18.1 Å². The molecule has 0 saturated heterocycles. The fourth-order valence-corrected chi connectivity index (χ4v) is 3.91. The average molecular weight is 371 g/mol. The van der Waals surface area contributed by atoms with Crippen LogP contribution in [0.25, 0.3) is 0 Å². The van der Waals surface area contributed by atoms with Gasteiger partial charge in [0.15, 0.2) is 6.79 Å². The largest absolute Gasteiger partial charge is 0.467 e. The number of sulfonamides is 1. The Balaban J connectivity index is 1.75. The summed E-state index contributed by atoms with van der Waals surface area (Å²) in [6, 6.07) is 7.90. The molecule has 0 amide bonds. The van der Waals surface area contributed by atoms with Crippen LogP contribution in [0, 0.1) is 5.92 Å². The number of hydrogen-bond acceptors (Lipinski definition) is 5. The van der Waals surface area contributed by atoms with Crippen LogP contribution in [0.15, 0.2) is 24.3 Å². The summed E-state index contributed by atoms with van der Waals surface area (Å²) < 4.78 is 37.1. The van der Waals surface area contributed by atoms with Crippen LogP contribution in [-0.4, -0.2) is 40.2 Å². The van der Waals surface area contributed by atoms with Crippen molar-refractivity contribution in [3.05, 3.63) is 24.3 Å². The van der Waals surface area contributed by atoms with Crippen LogP contribution in [-0.2, 0) is 14.8 Å². The summed E-state index contributed by atoms with van der Waals surface area (Å²) in [5.41, 5.74) is 1.02. The van der Waals surface area contributed by atoms with E-state index in [1.165, 1.54) is 0 Å². The highest BCUT2D eigenvalue weighted by Gasteiger charge is 2.26. The summed E-state index contributed by atoms with van der Waals surface area (Å²) in [5, 5.41) is 3.08. The lowest BCUT2D eigenvalue weighted by Crippen LogP contribution is -2.41. The van der Waals surface area contributed by atoms with Gasteiger partial charge in [0, 0.05) is 31.5 Å². The number of methoxy groups -OCH3 is 1. The molecule has 142 valence electrons. The van der Waals surface area contributed by atoms with Crippen LogP contribution < -0.4 is 14.8 Å². The predicted molar refractivity (Wildman–Crippen MR) is 100 cm³/mol. The van der Waals surface area contributed by atoms with Crippen LogP contribution in [0.5, 0.6) is 5.75 Å². The van der Waals surface area contributed by atoms with Crippen LogP contribution in [0.3, 0.4) is 0 Å². The Morgan fingerprint density at radius 1 is 1.20 bits per heavy atom. The van der Waals surface area contributed by atoms with Crippen molar-refractivity contribution in [1.82, 2.24) is 4.72 Å². The van der Waals surface area contributed by atoms with Crippen molar-refractivity contribution in [2.75, 3.05) is 25.8 Å². The molecule has 1 aromatic carbocycles. The van der Waals surface area contributed by atoms with Crippen LogP contribution in [0.1, 0.15) is 39.5 Å². The van der Waals surface area contributed by atoms with E-state index in [0.29, 0.717) is 5.92 Å². The molecule has 2 N–H and O–H groups in total. The number of benzene rings is 1. The third-order valence-corrected chi connectivity index (χ3v) is 6.47. The summed E-state index contributed by atoms with van der Waals surface area (Å²) in [5.74, 6) is 1.34. The molecule has 2 rings (SSSR count). The molecule has 1 saturated carbocycles. The molecular formula is C18H30N2O4S. The molecule has 6 nitrogen and oxygen atoms in total. The van der Waals surface area contributed by atoms with Gasteiger partial charge in [-0.25, -0.2) is 13.1 Å². The first-order valence-electron chi connectivity index (χ1n) is 8.87. The minimum Gasteiger partial charge on any atom is -0.467 e. The highest BCUT2D eigenvalue weighted by Crippen LogP contribution is 2.26. The molecule has 0 spiro atoms. The van der Waals surface area contributed by atoms with Gasteiger partial charge in [-0.1, -0.05) is 6.07 Å². The molecule has 1 aliphatic rings. The van der Waals surface area contributed by atoms with Crippen LogP contribution in [0.4, 0.5) is 5.69 Å². The molecule has 1 aliphatic carbocycles. The number of rotatable bonds is 9. The maximum Gasteiger partial charge on any atom is 0.214 e. The van der Waals surface area contributed by atoms with Crippen molar-refractivity contribution in [2.24, 2.45) is 5.92 Å². The Labute approximate surface area is 151 Å². The number of anilines is 1. The minimum atomic E-state index is -3.17. The zero-order valence-corrected chi connectivity index (χ0v) is 16.1. The lowest BCUT2D eigenvalue weighted by atomic mass is 9.86. The van der Waals surface area contributed by atoms with Crippen molar-refractivity contribution in [3.8, 4) is 5.75 Å². The first kappa shape index (κ1) is 20.0. The first-order chi connectivity index (χ1) is 11.9. The van der Waals surface area contributed by atoms with Crippen LogP contribution >= 0.6 is 0 Å². The molecule has 0 aromatic heterocycles. The molecule has 7 heteroatoms. The van der Waals surface area contributed by atoms with Gasteiger partial charge in [0.2, 0.25) is 10.0 Å². The zero-order chi connectivity index (χ0) is 18.3. The Morgan fingerprint density at radius 2 is 1.92 bits per heavy atom. The van der Waals surface area contributed by atoms with E-state index < -0.39 is 10.0 Å². The van der Waals surface area contributed by atoms with Gasteiger partial charge in [0.05, 0.1) is 5.25 Å². The summed E-state index contributed by atoms with van der Waals surface area (Å²) in [6.45, 7) is 4.54. The summed E-state index contributed by atoms with van der Waals surface area (Å²) in [7, 11) is -1.58. The van der Waals surface area contributed by atoms with Crippen molar-refractivity contribution in [2.45, 2.75) is 50.8 Å². The Kier molecular flexibility index (Phi) is 7.53. The third kappa shape index (κ3) is 6.49. The van der Waals surface area contributed by atoms with Crippen LogP contribution in [0.2, 0.25) is 0 Å². The van der Waals surface area contributed by atoms with Crippen molar-refractivity contribution in [1.29, 1.82) is 0 Å². The molecule has 25 heavy (non-hydrogen) atoms. The zero-order valence-electron chi connectivity index (χ0n) is 15.3. The lowest BCUT2D eigenvalue weighted by Gasteiger charge is -2.29. The second-order valence-corrected chi connectivity index (χ2v) is 9.16. The van der Waals surface area contributed by atoms with Gasteiger partial charge in [-0.2, -0.15) is 0 Å². The number of hydrogen-bond donors (Lipinski definition) is 2. The SMILES string of the molecule is COCOc1cccc(NCC2CCC(NS(=O)(=O)C(C)C)CC2)c1. The molecule has 0 unspecified atom stereocenters. The highest BCUT2D eigenvalue weighted by atomic mass is 32.2. The van der Waals surface area contributed by atoms with Gasteiger partial charge >= 0.3 is 0 Å². The molecule has 0 aliphatic heterocycles. The normalized spacial score (nSPS) is 21.3. The van der Waals surface area contributed by atoms with Gasteiger partial charge in [0.1, 0.15) is 5.75 Å². The van der Waals surface area contributed by atoms with Gasteiger partial charge in [-0.15, -0.1) is 0 Å². The molecule has 1 aromatic rings. The summed E-state index contributed by atoms with van der Waals surface area (Å²) >= 11 is 0. The van der Waals surface area contributed by atoms with Crippen molar-refractivity contribution < 1.29 is 17.9 Å². The quantitative estimate of drug-likeness (QED) is 0.654. The summed E-state index contributed by atoms with van der Waals surface area (Å²) in [4.78, 5) is 0. The maximum absolute atomic E-state index is 12.0. The Morgan fingerprint density at radius 3 is 2.56 bits per heavy atom. The van der Waals surface area contributed by atoms with E-state index in [4.69, 9.17) is 9.47 Å². The van der Waals surface area contributed by atoms with Gasteiger partial charge < -0.3 is 14.8 Å². The first-order valence-corrected chi connectivity index (χ1v) is 10.4. The smallest absolute Gasteiger partial charge is 0.214 e.